The molecular weight excluding hydrogens is 464 g/mol. The van der Waals surface area contributed by atoms with Crippen LogP contribution in [0.25, 0.3) is 0 Å². The molecule has 0 saturated carbocycles. The van der Waals surface area contributed by atoms with Crippen LogP contribution in [0.2, 0.25) is 0 Å². The maximum atomic E-state index is 14.1. The SMILES string of the molecule is NC(=O)c1[nH]ncc1NCc1cccc(N(C(N)=O)c2ccccc2F)c1.O=C(O)C(F)(F)F. The van der Waals surface area contributed by atoms with Gasteiger partial charge in [0.15, 0.2) is 0 Å². The van der Waals surface area contributed by atoms with Crippen molar-refractivity contribution in [3.8, 4) is 0 Å². The molecule has 0 aliphatic carbocycles. The maximum Gasteiger partial charge on any atom is 0.490 e. The summed E-state index contributed by atoms with van der Waals surface area (Å²) in [6.45, 7) is 0.317. The van der Waals surface area contributed by atoms with Gasteiger partial charge in [-0.05, 0) is 29.8 Å². The fraction of sp³-hybridized carbons (Fsp3) is 0.100. The molecule has 180 valence electrons. The minimum Gasteiger partial charge on any atom is -0.475 e. The van der Waals surface area contributed by atoms with Crippen LogP contribution in [-0.2, 0) is 11.3 Å². The van der Waals surface area contributed by atoms with Crippen LogP contribution in [0.1, 0.15) is 16.1 Å². The van der Waals surface area contributed by atoms with Gasteiger partial charge >= 0.3 is 18.2 Å². The molecule has 1 aromatic heterocycles. The summed E-state index contributed by atoms with van der Waals surface area (Å²) in [5.74, 6) is -3.96. The van der Waals surface area contributed by atoms with Crippen LogP contribution in [0.3, 0.4) is 0 Å². The number of halogens is 4. The molecule has 0 aliphatic heterocycles. The minimum atomic E-state index is -5.08. The van der Waals surface area contributed by atoms with Crippen molar-refractivity contribution < 1.29 is 37.1 Å². The Labute approximate surface area is 189 Å². The third-order valence-electron chi connectivity index (χ3n) is 4.09. The van der Waals surface area contributed by atoms with E-state index < -0.39 is 29.9 Å². The standard InChI is InChI=1S/C18H17FN6O2.C2HF3O2/c19-13-6-1-2-7-15(13)25(18(21)27)12-5-3-4-11(8-12)9-22-14-10-23-24-16(14)17(20)26;3-2(4,5)1(6)7/h1-8,10,22H,9H2,(H2,20,26)(H2,21,27)(H,23,24);(H,6,7). The number of urea groups is 1. The number of carbonyl (C=O) groups excluding carboxylic acids is 2. The highest BCUT2D eigenvalue weighted by Crippen LogP contribution is 2.28. The first-order chi connectivity index (χ1) is 15.9. The number of amides is 3. The van der Waals surface area contributed by atoms with Crippen molar-refractivity contribution in [3.63, 3.8) is 0 Å². The molecule has 0 unspecified atom stereocenters. The van der Waals surface area contributed by atoms with E-state index in [1.165, 1.54) is 24.4 Å². The summed E-state index contributed by atoms with van der Waals surface area (Å²) in [4.78, 5) is 33.2. The Hall–Kier alpha value is -4.62. The zero-order valence-electron chi connectivity index (χ0n) is 17.1. The van der Waals surface area contributed by atoms with Crippen LogP contribution in [0.4, 0.5) is 39.4 Å². The second-order valence-electron chi connectivity index (χ2n) is 6.47. The zero-order valence-corrected chi connectivity index (χ0v) is 17.1. The number of nitrogens with two attached hydrogens (primary N) is 2. The van der Waals surface area contributed by atoms with Crippen LogP contribution in [0.5, 0.6) is 0 Å². The van der Waals surface area contributed by atoms with Crippen molar-refractivity contribution in [3.05, 3.63) is 71.8 Å². The van der Waals surface area contributed by atoms with Gasteiger partial charge in [-0.2, -0.15) is 18.3 Å². The third-order valence-corrected chi connectivity index (χ3v) is 4.09. The molecule has 0 atom stereocenters. The van der Waals surface area contributed by atoms with E-state index in [9.17, 15) is 27.2 Å². The lowest BCUT2D eigenvalue weighted by Gasteiger charge is -2.22. The number of H-pyrrole nitrogens is 1. The van der Waals surface area contributed by atoms with Crippen LogP contribution in [0, 0.1) is 5.82 Å². The van der Waals surface area contributed by atoms with E-state index in [2.05, 4.69) is 15.5 Å². The van der Waals surface area contributed by atoms with Crippen molar-refractivity contribution in [1.82, 2.24) is 10.2 Å². The smallest absolute Gasteiger partial charge is 0.475 e. The van der Waals surface area contributed by atoms with Gasteiger partial charge < -0.3 is 21.9 Å². The Bertz CT molecular complexity index is 1180. The number of nitrogens with zero attached hydrogens (tertiary/aromatic N) is 2. The van der Waals surface area contributed by atoms with Crippen LogP contribution >= 0.6 is 0 Å². The first-order valence-corrected chi connectivity index (χ1v) is 9.22. The van der Waals surface area contributed by atoms with Crippen molar-refractivity contribution in [1.29, 1.82) is 0 Å². The summed E-state index contributed by atoms with van der Waals surface area (Å²) in [7, 11) is 0. The normalized spacial score (nSPS) is 10.6. The number of aliphatic carboxylic acids is 1. The molecule has 0 spiro atoms. The number of nitrogens with one attached hydrogen (secondary N) is 2. The number of aromatic amines is 1. The first-order valence-electron chi connectivity index (χ1n) is 9.22. The molecule has 14 heteroatoms. The van der Waals surface area contributed by atoms with Crippen molar-refractivity contribution >= 4 is 35.0 Å². The molecule has 7 N–H and O–H groups in total. The van der Waals surface area contributed by atoms with Gasteiger partial charge in [0.2, 0.25) is 0 Å². The summed E-state index contributed by atoms with van der Waals surface area (Å²) in [5, 5.41) is 16.4. The Morgan fingerprint density at radius 2 is 1.74 bits per heavy atom. The van der Waals surface area contributed by atoms with E-state index in [0.29, 0.717) is 17.9 Å². The van der Waals surface area contributed by atoms with E-state index >= 15 is 0 Å². The number of para-hydroxylation sites is 1. The fourth-order valence-corrected chi connectivity index (χ4v) is 2.63. The Morgan fingerprint density at radius 1 is 1.09 bits per heavy atom. The number of primary amides is 2. The lowest BCUT2D eigenvalue weighted by atomic mass is 10.1. The van der Waals surface area contributed by atoms with Gasteiger partial charge in [-0.25, -0.2) is 14.0 Å². The highest BCUT2D eigenvalue weighted by Gasteiger charge is 2.38. The topological polar surface area (TPSA) is 167 Å². The summed E-state index contributed by atoms with van der Waals surface area (Å²) in [5.41, 5.74) is 12.6. The van der Waals surface area contributed by atoms with Gasteiger partial charge in [-0.3, -0.25) is 14.8 Å². The largest absolute Gasteiger partial charge is 0.490 e. The number of benzene rings is 2. The van der Waals surface area contributed by atoms with Gasteiger partial charge in [0, 0.05) is 6.54 Å². The number of aromatic nitrogens is 2. The van der Waals surface area contributed by atoms with Crippen LogP contribution < -0.4 is 21.7 Å². The van der Waals surface area contributed by atoms with E-state index in [-0.39, 0.29) is 11.4 Å². The van der Waals surface area contributed by atoms with Crippen LogP contribution in [-0.4, -0.2) is 39.4 Å². The zero-order chi connectivity index (χ0) is 25.5. The second kappa shape index (κ2) is 10.8. The molecule has 0 radical (unpaired) electrons. The van der Waals surface area contributed by atoms with E-state index in [1.807, 2.05) is 0 Å². The highest BCUT2D eigenvalue weighted by molar-refractivity contribution is 5.98. The van der Waals surface area contributed by atoms with E-state index in [0.717, 1.165) is 10.5 Å². The number of hydrogen-bond acceptors (Lipinski definition) is 5. The predicted octanol–water partition coefficient (Wildman–Crippen LogP) is 3.11. The van der Waals surface area contributed by atoms with Gasteiger partial charge in [0.05, 0.1) is 23.3 Å². The summed E-state index contributed by atoms with van der Waals surface area (Å²) in [6, 6.07) is 11.9. The molecule has 0 saturated heterocycles. The minimum absolute atomic E-state index is 0.0564. The quantitative estimate of drug-likeness (QED) is 0.338. The number of hydrogen-bond donors (Lipinski definition) is 5. The van der Waals surface area contributed by atoms with E-state index in [4.69, 9.17) is 21.4 Å². The number of anilines is 3. The first kappa shape index (κ1) is 25.6. The van der Waals surface area contributed by atoms with Gasteiger partial charge in [-0.1, -0.05) is 24.3 Å². The molecule has 3 aromatic rings. The van der Waals surface area contributed by atoms with Gasteiger partial charge in [0.1, 0.15) is 11.5 Å². The molecule has 3 rings (SSSR count). The molecule has 3 amide bonds. The second-order valence-corrected chi connectivity index (χ2v) is 6.47. The summed E-state index contributed by atoms with van der Waals surface area (Å²) >= 11 is 0. The van der Waals surface area contributed by atoms with Crippen molar-refractivity contribution in [2.75, 3.05) is 10.2 Å². The molecule has 1 heterocycles. The van der Waals surface area contributed by atoms with Crippen molar-refractivity contribution in [2.24, 2.45) is 11.5 Å². The van der Waals surface area contributed by atoms with Crippen molar-refractivity contribution in [2.45, 2.75) is 12.7 Å². The average Bonchev–Trinajstić information content (AvgIpc) is 3.23. The number of carbonyl (C=O) groups is 3. The molecule has 2 aromatic carbocycles. The van der Waals surface area contributed by atoms with E-state index in [1.54, 1.807) is 30.3 Å². The number of rotatable bonds is 6. The fourth-order valence-electron chi connectivity index (χ4n) is 2.63. The van der Waals surface area contributed by atoms with Gasteiger partial charge in [0.25, 0.3) is 5.91 Å². The Balaban J connectivity index is 0.000000509. The highest BCUT2D eigenvalue weighted by atomic mass is 19.4. The number of alkyl halides is 3. The van der Waals surface area contributed by atoms with Crippen LogP contribution in [0.15, 0.2) is 54.7 Å². The monoisotopic (exact) mass is 482 g/mol. The predicted molar refractivity (Wildman–Crippen MR) is 113 cm³/mol. The number of carboxylic acids is 1. The summed E-state index contributed by atoms with van der Waals surface area (Å²) < 4.78 is 45.9. The molecule has 10 nitrogen and oxygen atoms in total. The molecular formula is C20H18F4N6O4. The molecule has 0 fully saturated rings. The molecule has 0 bridgehead atoms. The average molecular weight is 482 g/mol. The molecule has 0 aliphatic rings. The number of carboxylic acid groups (broad SMARTS) is 1. The summed E-state index contributed by atoms with van der Waals surface area (Å²) in [6.07, 6.45) is -3.64. The lowest BCUT2D eigenvalue weighted by Crippen LogP contribution is -2.32. The maximum absolute atomic E-state index is 14.1. The third kappa shape index (κ3) is 6.69. The Kier molecular flexibility index (Phi) is 8.15. The lowest BCUT2D eigenvalue weighted by molar-refractivity contribution is -0.192. The van der Waals surface area contributed by atoms with Gasteiger partial charge in [-0.15, -0.1) is 0 Å². The molecule has 34 heavy (non-hydrogen) atoms. The Morgan fingerprint density at radius 3 is 2.29 bits per heavy atom.